The van der Waals surface area contributed by atoms with Crippen LogP contribution in [0.5, 0.6) is 0 Å². The minimum atomic E-state index is -0.494. The van der Waals surface area contributed by atoms with Gasteiger partial charge in [-0.1, -0.05) is 0 Å². The number of amides is 2. The maximum absolute atomic E-state index is 12.4. The molecule has 0 radical (unpaired) electrons. The fourth-order valence-corrected chi connectivity index (χ4v) is 2.82. The molecule has 1 unspecified atom stereocenters. The van der Waals surface area contributed by atoms with Crippen LogP contribution in [0.3, 0.4) is 0 Å². The third-order valence-corrected chi connectivity index (χ3v) is 3.84. The predicted octanol–water partition coefficient (Wildman–Crippen LogP) is 0.751. The molecule has 0 spiro atoms. The average Bonchev–Trinajstić information content (AvgIpc) is 2.83. The van der Waals surface area contributed by atoms with Gasteiger partial charge in [-0.15, -0.1) is 0 Å². The van der Waals surface area contributed by atoms with E-state index in [4.69, 9.17) is 0 Å². The van der Waals surface area contributed by atoms with Gasteiger partial charge in [0.15, 0.2) is 0 Å². The molecule has 6 heteroatoms. The van der Waals surface area contributed by atoms with E-state index in [2.05, 4.69) is 5.10 Å². The van der Waals surface area contributed by atoms with Crippen molar-refractivity contribution in [3.05, 3.63) is 18.0 Å². The Bertz CT molecular complexity index is 523. The molecule has 6 nitrogen and oxygen atoms in total. The van der Waals surface area contributed by atoms with Gasteiger partial charge < -0.3 is 9.80 Å². The number of hydrogen-bond donors (Lipinski definition) is 0. The van der Waals surface area contributed by atoms with Crippen LogP contribution in [0.4, 0.5) is 0 Å². The molecule has 1 aromatic rings. The molecule has 0 N–H and O–H groups in total. The van der Waals surface area contributed by atoms with Crippen LogP contribution in [-0.2, 0) is 11.8 Å². The molecule has 0 aliphatic carbocycles. The summed E-state index contributed by atoms with van der Waals surface area (Å²) in [6.45, 7) is 3.08. The third kappa shape index (κ3) is 2.69. The predicted molar refractivity (Wildman–Crippen MR) is 75.1 cm³/mol. The van der Waals surface area contributed by atoms with Crippen molar-refractivity contribution < 1.29 is 9.59 Å². The van der Waals surface area contributed by atoms with Crippen LogP contribution in [0.15, 0.2) is 12.3 Å². The van der Waals surface area contributed by atoms with Crippen LogP contribution in [0.2, 0.25) is 0 Å². The second-order valence-electron chi connectivity index (χ2n) is 5.97. The number of rotatable bonds is 2. The Morgan fingerprint density at radius 3 is 2.65 bits per heavy atom. The van der Waals surface area contributed by atoms with Crippen molar-refractivity contribution in [3.63, 3.8) is 0 Å². The normalized spacial score (nSPS) is 22.7. The van der Waals surface area contributed by atoms with Gasteiger partial charge in [0.1, 0.15) is 5.69 Å². The lowest BCUT2D eigenvalue weighted by atomic mass is 9.80. The summed E-state index contributed by atoms with van der Waals surface area (Å²) >= 11 is 0. The largest absolute Gasteiger partial charge is 0.348 e. The van der Waals surface area contributed by atoms with Crippen molar-refractivity contribution in [2.75, 3.05) is 27.2 Å². The zero-order valence-electron chi connectivity index (χ0n) is 12.6. The summed E-state index contributed by atoms with van der Waals surface area (Å²) in [7, 11) is 5.30. The van der Waals surface area contributed by atoms with E-state index in [1.807, 2.05) is 6.92 Å². The molecule has 0 saturated carbocycles. The van der Waals surface area contributed by atoms with E-state index in [1.165, 1.54) is 0 Å². The monoisotopic (exact) mass is 278 g/mol. The average molecular weight is 278 g/mol. The first-order valence-electron chi connectivity index (χ1n) is 6.84. The number of piperidine rings is 1. The number of hydrogen-bond acceptors (Lipinski definition) is 3. The standard InChI is InChI=1S/C14H22N4O2/c1-14(13(20)16(2)3)7-5-8-18(10-14)12(19)11-6-9-17(4)15-11/h6,9H,5,7-8,10H2,1-4H3. The van der Waals surface area contributed by atoms with E-state index in [0.717, 1.165) is 12.8 Å². The highest BCUT2D eigenvalue weighted by Gasteiger charge is 2.40. The minimum absolute atomic E-state index is 0.0796. The van der Waals surface area contributed by atoms with Gasteiger partial charge in [-0.05, 0) is 25.8 Å². The second-order valence-corrected chi connectivity index (χ2v) is 5.97. The van der Waals surface area contributed by atoms with E-state index < -0.39 is 5.41 Å². The molecular weight excluding hydrogens is 256 g/mol. The lowest BCUT2D eigenvalue weighted by Gasteiger charge is -2.40. The number of carbonyl (C=O) groups is 2. The minimum Gasteiger partial charge on any atom is -0.348 e. The lowest BCUT2D eigenvalue weighted by molar-refractivity contribution is -0.141. The molecule has 1 aromatic heterocycles. The molecule has 20 heavy (non-hydrogen) atoms. The summed E-state index contributed by atoms with van der Waals surface area (Å²) in [6, 6.07) is 1.71. The van der Waals surface area contributed by atoms with Gasteiger partial charge in [0.2, 0.25) is 5.91 Å². The quantitative estimate of drug-likeness (QED) is 0.802. The van der Waals surface area contributed by atoms with E-state index in [0.29, 0.717) is 18.8 Å². The Kier molecular flexibility index (Phi) is 3.83. The molecular formula is C14H22N4O2. The summed E-state index contributed by atoms with van der Waals surface area (Å²) in [6.07, 6.45) is 3.41. The first-order chi connectivity index (χ1) is 9.33. The summed E-state index contributed by atoms with van der Waals surface area (Å²) in [5, 5.41) is 4.14. The topological polar surface area (TPSA) is 58.4 Å². The van der Waals surface area contributed by atoms with Crippen LogP contribution >= 0.6 is 0 Å². The SMILES string of the molecule is CN(C)C(=O)C1(C)CCCN(C(=O)c2ccn(C)n2)C1. The molecule has 2 amide bonds. The zero-order valence-corrected chi connectivity index (χ0v) is 12.6. The van der Waals surface area contributed by atoms with Gasteiger partial charge in [-0.3, -0.25) is 14.3 Å². The number of nitrogens with zero attached hydrogens (tertiary/aromatic N) is 4. The Morgan fingerprint density at radius 2 is 2.10 bits per heavy atom. The third-order valence-electron chi connectivity index (χ3n) is 3.84. The summed E-state index contributed by atoms with van der Waals surface area (Å²) in [4.78, 5) is 28.1. The lowest BCUT2D eigenvalue weighted by Crippen LogP contribution is -2.51. The first kappa shape index (κ1) is 14.6. The summed E-state index contributed by atoms with van der Waals surface area (Å²) < 4.78 is 1.61. The maximum Gasteiger partial charge on any atom is 0.274 e. The van der Waals surface area contributed by atoms with Gasteiger partial charge in [0, 0.05) is 40.4 Å². The molecule has 1 fully saturated rings. The molecule has 110 valence electrons. The molecule has 0 bridgehead atoms. The molecule has 1 aliphatic rings. The molecule has 2 rings (SSSR count). The van der Waals surface area contributed by atoms with Gasteiger partial charge in [0.25, 0.3) is 5.91 Å². The molecule has 2 heterocycles. The molecule has 0 aromatic carbocycles. The Hall–Kier alpha value is -1.85. The highest BCUT2D eigenvalue weighted by atomic mass is 16.2. The van der Waals surface area contributed by atoms with Crippen molar-refractivity contribution in [3.8, 4) is 0 Å². The van der Waals surface area contributed by atoms with Crippen LogP contribution in [-0.4, -0.2) is 58.6 Å². The van der Waals surface area contributed by atoms with Crippen molar-refractivity contribution in [1.29, 1.82) is 0 Å². The summed E-state index contributed by atoms with van der Waals surface area (Å²) in [5.74, 6) is -0.0147. The number of aryl methyl sites for hydroxylation is 1. The van der Waals surface area contributed by atoms with Crippen molar-refractivity contribution >= 4 is 11.8 Å². The van der Waals surface area contributed by atoms with E-state index in [-0.39, 0.29) is 11.8 Å². The Labute approximate surface area is 119 Å². The first-order valence-corrected chi connectivity index (χ1v) is 6.84. The molecule has 1 saturated heterocycles. The van der Waals surface area contributed by atoms with Crippen LogP contribution in [0, 0.1) is 5.41 Å². The number of carbonyl (C=O) groups excluding carboxylic acids is 2. The smallest absolute Gasteiger partial charge is 0.274 e. The van der Waals surface area contributed by atoms with Gasteiger partial charge in [-0.25, -0.2) is 0 Å². The fraction of sp³-hybridized carbons (Fsp3) is 0.643. The van der Waals surface area contributed by atoms with Crippen LogP contribution in [0.1, 0.15) is 30.3 Å². The van der Waals surface area contributed by atoms with Gasteiger partial charge in [-0.2, -0.15) is 5.10 Å². The zero-order chi connectivity index (χ0) is 14.9. The van der Waals surface area contributed by atoms with Crippen LogP contribution in [0.25, 0.3) is 0 Å². The van der Waals surface area contributed by atoms with Crippen molar-refractivity contribution in [2.24, 2.45) is 12.5 Å². The highest BCUT2D eigenvalue weighted by Crippen LogP contribution is 2.31. The summed E-state index contributed by atoms with van der Waals surface area (Å²) in [5.41, 5.74) is -0.0549. The Balaban J connectivity index is 2.14. The molecule has 1 aliphatic heterocycles. The van der Waals surface area contributed by atoms with Gasteiger partial charge in [0.05, 0.1) is 5.41 Å². The molecule has 1 atom stereocenters. The maximum atomic E-state index is 12.4. The Morgan fingerprint density at radius 1 is 1.40 bits per heavy atom. The van der Waals surface area contributed by atoms with E-state index >= 15 is 0 Å². The highest BCUT2D eigenvalue weighted by molar-refractivity contribution is 5.93. The van der Waals surface area contributed by atoms with Crippen LogP contribution < -0.4 is 0 Å². The second kappa shape index (κ2) is 5.26. The van der Waals surface area contributed by atoms with Gasteiger partial charge >= 0.3 is 0 Å². The number of likely N-dealkylation sites (tertiary alicyclic amines) is 1. The van der Waals surface area contributed by atoms with Crippen molar-refractivity contribution in [1.82, 2.24) is 19.6 Å². The van der Waals surface area contributed by atoms with Crippen molar-refractivity contribution in [2.45, 2.75) is 19.8 Å². The van der Waals surface area contributed by atoms with E-state index in [9.17, 15) is 9.59 Å². The number of aromatic nitrogens is 2. The van der Waals surface area contributed by atoms with E-state index in [1.54, 1.807) is 47.9 Å². The fourth-order valence-electron chi connectivity index (χ4n) is 2.82.